The lowest BCUT2D eigenvalue weighted by Crippen LogP contribution is -2.39. The van der Waals surface area contributed by atoms with Gasteiger partial charge in [-0.05, 0) is 57.3 Å². The van der Waals surface area contributed by atoms with Crippen LogP contribution in [-0.4, -0.2) is 53.6 Å². The van der Waals surface area contributed by atoms with Crippen molar-refractivity contribution in [1.29, 1.82) is 0 Å². The minimum atomic E-state index is -3.51. The first-order valence-electron chi connectivity index (χ1n) is 8.31. The summed E-state index contributed by atoms with van der Waals surface area (Å²) in [4.78, 5) is 0.300. The number of nitrogens with zero attached hydrogens (tertiary/aromatic N) is 1. The summed E-state index contributed by atoms with van der Waals surface area (Å²) in [7, 11) is 1.49. The van der Waals surface area contributed by atoms with Crippen LogP contribution in [0.2, 0.25) is 0 Å². The van der Waals surface area contributed by atoms with Crippen LogP contribution in [-0.2, 0) is 10.0 Å². The van der Waals surface area contributed by atoms with E-state index >= 15 is 0 Å². The maximum Gasteiger partial charge on any atom is 0.243 e. The van der Waals surface area contributed by atoms with Gasteiger partial charge in [-0.15, -0.1) is 12.4 Å². The lowest BCUT2D eigenvalue weighted by atomic mass is 9.95. The molecular formula is C17H29ClN2O4S. The fourth-order valence-electron chi connectivity index (χ4n) is 3.17. The second-order valence-electron chi connectivity index (χ2n) is 6.21. The highest BCUT2D eigenvalue weighted by Gasteiger charge is 2.31. The topological polar surface area (TPSA) is 67.9 Å². The van der Waals surface area contributed by atoms with E-state index in [4.69, 9.17) is 9.47 Å². The molecule has 0 spiro atoms. The average Bonchev–Trinajstić information content (AvgIpc) is 2.59. The lowest BCUT2D eigenvalue weighted by Gasteiger charge is -2.31. The van der Waals surface area contributed by atoms with E-state index in [1.165, 1.54) is 7.11 Å². The van der Waals surface area contributed by atoms with Crippen molar-refractivity contribution in [3.05, 3.63) is 17.7 Å². The fourth-order valence-corrected chi connectivity index (χ4v) is 4.86. The first kappa shape index (κ1) is 22.0. The Balaban J connectivity index is 0.00000312. The second-order valence-corrected chi connectivity index (χ2v) is 8.12. The standard InChI is InChI=1S/C17H28N2O4S.ClH/c1-13-11-15(22-3)16(23-4)12-17(13)24(20,21)19-9-6-14(7-10-19)5-8-18-2;/h11-12,14,18H,5-10H2,1-4H3;1H. The monoisotopic (exact) mass is 392 g/mol. The molecule has 25 heavy (non-hydrogen) atoms. The van der Waals surface area contributed by atoms with Gasteiger partial charge in [0.2, 0.25) is 10.0 Å². The summed E-state index contributed by atoms with van der Waals surface area (Å²) in [5.41, 5.74) is 0.671. The summed E-state index contributed by atoms with van der Waals surface area (Å²) in [6.07, 6.45) is 2.92. The molecule has 144 valence electrons. The predicted molar refractivity (Wildman–Crippen MR) is 102 cm³/mol. The Morgan fingerprint density at radius 2 is 1.72 bits per heavy atom. The van der Waals surface area contributed by atoms with Gasteiger partial charge < -0.3 is 14.8 Å². The van der Waals surface area contributed by atoms with Gasteiger partial charge in [0.25, 0.3) is 0 Å². The van der Waals surface area contributed by atoms with E-state index in [-0.39, 0.29) is 12.4 Å². The third kappa shape index (κ3) is 5.00. The number of ether oxygens (including phenoxy) is 2. The molecule has 1 fully saturated rings. The molecule has 1 saturated heterocycles. The van der Waals surface area contributed by atoms with Crippen molar-refractivity contribution in [2.45, 2.75) is 31.1 Å². The maximum atomic E-state index is 13.0. The zero-order valence-electron chi connectivity index (χ0n) is 15.4. The van der Waals surface area contributed by atoms with Crippen molar-refractivity contribution in [1.82, 2.24) is 9.62 Å². The molecule has 0 aliphatic carbocycles. The van der Waals surface area contributed by atoms with Gasteiger partial charge >= 0.3 is 0 Å². The normalized spacial score (nSPS) is 16.3. The largest absolute Gasteiger partial charge is 0.493 e. The highest BCUT2D eigenvalue weighted by molar-refractivity contribution is 7.89. The third-order valence-electron chi connectivity index (χ3n) is 4.68. The summed E-state index contributed by atoms with van der Waals surface area (Å²) >= 11 is 0. The van der Waals surface area contributed by atoms with Gasteiger partial charge in [0.05, 0.1) is 19.1 Å². The summed E-state index contributed by atoms with van der Waals surface area (Å²) in [5, 5.41) is 3.16. The molecule has 6 nitrogen and oxygen atoms in total. The van der Waals surface area contributed by atoms with E-state index in [0.717, 1.165) is 25.8 Å². The zero-order valence-corrected chi connectivity index (χ0v) is 17.0. The average molecular weight is 393 g/mol. The number of benzene rings is 1. The number of halogens is 1. The fraction of sp³-hybridized carbons (Fsp3) is 0.647. The number of hydrogen-bond donors (Lipinski definition) is 1. The van der Waals surface area contributed by atoms with Gasteiger partial charge in [-0.3, -0.25) is 0 Å². The molecule has 1 heterocycles. The molecule has 1 aliphatic heterocycles. The number of hydrogen-bond acceptors (Lipinski definition) is 5. The SMILES string of the molecule is CNCCC1CCN(S(=O)(=O)c2cc(OC)c(OC)cc2C)CC1.Cl. The van der Waals surface area contributed by atoms with Gasteiger partial charge in [-0.25, -0.2) is 8.42 Å². The van der Waals surface area contributed by atoms with Crippen molar-refractivity contribution in [3.8, 4) is 11.5 Å². The van der Waals surface area contributed by atoms with E-state index < -0.39 is 10.0 Å². The van der Waals surface area contributed by atoms with Crippen LogP contribution in [0.25, 0.3) is 0 Å². The van der Waals surface area contributed by atoms with Crippen LogP contribution in [0.1, 0.15) is 24.8 Å². The summed E-state index contributed by atoms with van der Waals surface area (Å²) in [6.45, 7) is 3.91. The molecule has 1 N–H and O–H groups in total. The van der Waals surface area contributed by atoms with Crippen LogP contribution in [0.3, 0.4) is 0 Å². The summed E-state index contributed by atoms with van der Waals surface area (Å²) < 4.78 is 38.1. The Morgan fingerprint density at radius 3 is 2.24 bits per heavy atom. The van der Waals surface area contributed by atoms with Crippen LogP contribution in [0.5, 0.6) is 11.5 Å². The highest BCUT2D eigenvalue weighted by Crippen LogP contribution is 2.34. The molecule has 2 rings (SSSR count). The van der Waals surface area contributed by atoms with Crippen LogP contribution in [0.4, 0.5) is 0 Å². The Morgan fingerprint density at radius 1 is 1.16 bits per heavy atom. The number of piperidine rings is 1. The molecule has 0 saturated carbocycles. The van der Waals surface area contributed by atoms with Crippen molar-refractivity contribution >= 4 is 22.4 Å². The smallest absolute Gasteiger partial charge is 0.243 e. The lowest BCUT2D eigenvalue weighted by molar-refractivity contribution is 0.263. The van der Waals surface area contributed by atoms with E-state index in [2.05, 4.69) is 5.32 Å². The Labute approximate surface area is 157 Å². The quantitative estimate of drug-likeness (QED) is 0.771. The van der Waals surface area contributed by atoms with Crippen molar-refractivity contribution in [2.75, 3.05) is 40.9 Å². The molecule has 1 aromatic rings. The van der Waals surface area contributed by atoms with Crippen molar-refractivity contribution < 1.29 is 17.9 Å². The minimum Gasteiger partial charge on any atom is -0.493 e. The number of aryl methyl sites for hydroxylation is 1. The van der Waals surface area contributed by atoms with Gasteiger partial charge in [0.1, 0.15) is 0 Å². The minimum absolute atomic E-state index is 0. The first-order chi connectivity index (χ1) is 11.4. The van der Waals surface area contributed by atoms with Gasteiger partial charge in [-0.2, -0.15) is 4.31 Å². The van der Waals surface area contributed by atoms with Crippen molar-refractivity contribution in [3.63, 3.8) is 0 Å². The predicted octanol–water partition coefficient (Wildman–Crippen LogP) is 2.44. The highest BCUT2D eigenvalue weighted by atomic mass is 35.5. The molecule has 0 radical (unpaired) electrons. The number of methoxy groups -OCH3 is 2. The first-order valence-corrected chi connectivity index (χ1v) is 9.75. The third-order valence-corrected chi connectivity index (χ3v) is 6.72. The van der Waals surface area contributed by atoms with E-state index in [9.17, 15) is 8.42 Å². The van der Waals surface area contributed by atoms with E-state index in [0.29, 0.717) is 41.0 Å². The van der Waals surface area contributed by atoms with Crippen LogP contribution in [0.15, 0.2) is 17.0 Å². The van der Waals surface area contributed by atoms with Crippen LogP contribution >= 0.6 is 12.4 Å². The Kier molecular flexibility index (Phi) is 8.47. The van der Waals surface area contributed by atoms with Gasteiger partial charge in [-0.1, -0.05) is 0 Å². The molecule has 1 aliphatic rings. The summed E-state index contributed by atoms with van der Waals surface area (Å²) in [6, 6.07) is 3.28. The molecule has 0 atom stereocenters. The summed E-state index contributed by atoms with van der Waals surface area (Å²) in [5.74, 6) is 1.57. The molecular weight excluding hydrogens is 364 g/mol. The molecule has 0 amide bonds. The number of nitrogens with one attached hydrogen (secondary N) is 1. The van der Waals surface area contributed by atoms with Gasteiger partial charge in [0, 0.05) is 19.2 Å². The molecule has 1 aromatic carbocycles. The molecule has 0 unspecified atom stereocenters. The molecule has 0 aromatic heterocycles. The zero-order chi connectivity index (χ0) is 17.7. The molecule has 8 heteroatoms. The second kappa shape index (κ2) is 9.62. The number of sulfonamides is 1. The molecule has 0 bridgehead atoms. The van der Waals surface area contributed by atoms with Gasteiger partial charge in [0.15, 0.2) is 11.5 Å². The Hall–Kier alpha value is -1.02. The van der Waals surface area contributed by atoms with Crippen molar-refractivity contribution in [2.24, 2.45) is 5.92 Å². The Bertz CT molecular complexity index is 659. The van der Waals surface area contributed by atoms with E-state index in [1.807, 2.05) is 7.05 Å². The van der Waals surface area contributed by atoms with Crippen LogP contribution < -0.4 is 14.8 Å². The number of rotatable bonds is 7. The van der Waals surface area contributed by atoms with Crippen LogP contribution in [0, 0.1) is 12.8 Å². The maximum absolute atomic E-state index is 13.0. The van der Waals surface area contributed by atoms with E-state index in [1.54, 1.807) is 30.5 Å².